The molecule has 2 rings (SSSR count). The molecule has 18 heavy (non-hydrogen) atoms. The molecule has 0 unspecified atom stereocenters. The molecule has 0 aliphatic rings. The highest BCUT2D eigenvalue weighted by Crippen LogP contribution is 2.12. The van der Waals surface area contributed by atoms with Crippen LogP contribution in [0.4, 0.5) is 0 Å². The Hall–Kier alpha value is -1.81. The van der Waals surface area contributed by atoms with Crippen molar-refractivity contribution in [3.63, 3.8) is 0 Å². The molecule has 1 heterocycles. The van der Waals surface area contributed by atoms with E-state index in [-0.39, 0.29) is 0 Å². The molecule has 4 heteroatoms. The first-order valence-corrected chi connectivity index (χ1v) is 6.08. The van der Waals surface area contributed by atoms with Crippen molar-refractivity contribution in [2.75, 3.05) is 0 Å². The fourth-order valence-corrected chi connectivity index (χ4v) is 1.46. The summed E-state index contributed by atoms with van der Waals surface area (Å²) < 4.78 is 10.7. The first-order chi connectivity index (χ1) is 8.74. The van der Waals surface area contributed by atoms with Crippen LogP contribution in [0, 0.1) is 0 Å². The van der Waals surface area contributed by atoms with Crippen LogP contribution >= 0.6 is 0 Å². The first-order valence-electron chi connectivity index (χ1n) is 6.08. The summed E-state index contributed by atoms with van der Waals surface area (Å²) in [5.41, 5.74) is 1.95. The molecule has 1 aromatic carbocycles. The summed E-state index contributed by atoms with van der Waals surface area (Å²) in [5.74, 6) is 0. The molecule has 2 aromatic rings. The van der Waals surface area contributed by atoms with Crippen LogP contribution in [0.25, 0.3) is 0 Å². The molecule has 0 radical (unpaired) electrons. The largest absolute Gasteiger partial charge is 0.445 e. The molecule has 0 saturated heterocycles. The minimum absolute atomic E-state index is 0.319. The fraction of sp³-hybridized carbons (Fsp3) is 0.357. The Bertz CT molecular complexity index is 466. The van der Waals surface area contributed by atoms with E-state index in [1.54, 1.807) is 6.26 Å². The summed E-state index contributed by atoms with van der Waals surface area (Å²) in [7, 11) is 0. The highest BCUT2D eigenvalue weighted by molar-refractivity contribution is 5.14. The lowest BCUT2D eigenvalue weighted by atomic mass is 10.2. The maximum absolute atomic E-state index is 5.47. The van der Waals surface area contributed by atoms with Gasteiger partial charge in [-0.25, -0.2) is 0 Å². The van der Waals surface area contributed by atoms with Crippen molar-refractivity contribution in [2.24, 2.45) is 0 Å². The summed E-state index contributed by atoms with van der Waals surface area (Å²) in [6, 6.07) is 10.4. The van der Waals surface area contributed by atoms with Crippen LogP contribution in [-0.2, 0) is 13.2 Å². The van der Waals surface area contributed by atoms with Gasteiger partial charge in [0.1, 0.15) is 12.9 Å². The predicted octanol–water partition coefficient (Wildman–Crippen LogP) is 2.75. The molecule has 0 bridgehead atoms. The van der Waals surface area contributed by atoms with E-state index in [1.165, 1.54) is 0 Å². The number of rotatable bonds is 6. The van der Waals surface area contributed by atoms with Gasteiger partial charge in [0.2, 0.25) is 0 Å². The van der Waals surface area contributed by atoms with E-state index in [0.29, 0.717) is 25.3 Å². The number of benzene rings is 1. The molecule has 1 N–H and O–H groups in total. The Kier molecular flexibility index (Phi) is 4.36. The molecule has 0 amide bonds. The second-order valence-electron chi connectivity index (χ2n) is 4.41. The lowest BCUT2D eigenvalue weighted by molar-refractivity contribution is 0.220. The Labute approximate surface area is 107 Å². The quantitative estimate of drug-likeness (QED) is 0.851. The monoisotopic (exact) mass is 246 g/mol. The molecular formula is C14H18N2O2. The highest BCUT2D eigenvalue weighted by Gasteiger charge is 2.05. The van der Waals surface area contributed by atoms with Crippen LogP contribution < -0.4 is 10.1 Å². The Balaban J connectivity index is 1.83. The zero-order valence-electron chi connectivity index (χ0n) is 10.7. The molecule has 1 aromatic heterocycles. The van der Waals surface area contributed by atoms with Gasteiger partial charge >= 0.3 is 6.08 Å². The van der Waals surface area contributed by atoms with Crippen molar-refractivity contribution in [3.8, 4) is 6.08 Å². The van der Waals surface area contributed by atoms with Crippen molar-refractivity contribution < 1.29 is 9.15 Å². The smallest absolute Gasteiger partial charge is 0.394 e. The zero-order valence-corrected chi connectivity index (χ0v) is 10.7. The molecule has 0 aliphatic carbocycles. The summed E-state index contributed by atoms with van der Waals surface area (Å²) in [4.78, 5) is 4.25. The SMILES string of the molecule is CC(C)NCc1coc(OCc2ccccc2)n1. The molecule has 96 valence electrons. The van der Waals surface area contributed by atoms with Gasteiger partial charge < -0.3 is 14.5 Å². The minimum Gasteiger partial charge on any atom is -0.445 e. The average Bonchev–Trinajstić information content (AvgIpc) is 2.83. The topological polar surface area (TPSA) is 47.3 Å². The van der Waals surface area contributed by atoms with Crippen LogP contribution in [0.3, 0.4) is 0 Å². The normalized spacial score (nSPS) is 10.8. The molecule has 0 atom stereocenters. The molecule has 0 saturated carbocycles. The molecule has 0 spiro atoms. The van der Waals surface area contributed by atoms with E-state index >= 15 is 0 Å². The van der Waals surface area contributed by atoms with Gasteiger partial charge in [-0.1, -0.05) is 44.2 Å². The van der Waals surface area contributed by atoms with Gasteiger partial charge in [0, 0.05) is 12.6 Å². The Morgan fingerprint density at radius 2 is 2.06 bits per heavy atom. The summed E-state index contributed by atoms with van der Waals surface area (Å²) in [6.07, 6.45) is 1.94. The van der Waals surface area contributed by atoms with Crippen LogP contribution in [0.2, 0.25) is 0 Å². The van der Waals surface area contributed by atoms with Crippen LogP contribution in [0.15, 0.2) is 41.0 Å². The van der Waals surface area contributed by atoms with Gasteiger partial charge in [-0.15, -0.1) is 0 Å². The second-order valence-corrected chi connectivity index (χ2v) is 4.41. The lowest BCUT2D eigenvalue weighted by Gasteiger charge is -2.04. The number of oxazole rings is 1. The van der Waals surface area contributed by atoms with Crippen LogP contribution in [0.5, 0.6) is 6.08 Å². The van der Waals surface area contributed by atoms with E-state index in [1.807, 2.05) is 30.3 Å². The van der Waals surface area contributed by atoms with Crippen LogP contribution in [0.1, 0.15) is 25.1 Å². The lowest BCUT2D eigenvalue weighted by Crippen LogP contribution is -2.21. The Morgan fingerprint density at radius 3 is 2.78 bits per heavy atom. The number of hydrogen-bond donors (Lipinski definition) is 1. The van der Waals surface area contributed by atoms with Crippen molar-refractivity contribution in [3.05, 3.63) is 47.9 Å². The minimum atomic E-state index is 0.319. The second kappa shape index (κ2) is 6.21. The number of ether oxygens (including phenoxy) is 1. The van der Waals surface area contributed by atoms with Gasteiger partial charge in [0.25, 0.3) is 0 Å². The van der Waals surface area contributed by atoms with Crippen molar-refractivity contribution >= 4 is 0 Å². The number of hydrogen-bond acceptors (Lipinski definition) is 4. The maximum Gasteiger partial charge on any atom is 0.394 e. The van der Waals surface area contributed by atoms with E-state index in [0.717, 1.165) is 11.3 Å². The first kappa shape index (κ1) is 12.6. The molecule has 4 nitrogen and oxygen atoms in total. The van der Waals surface area contributed by atoms with E-state index in [9.17, 15) is 0 Å². The molecule has 0 fully saturated rings. The van der Waals surface area contributed by atoms with Gasteiger partial charge in [-0.3, -0.25) is 0 Å². The fourth-order valence-electron chi connectivity index (χ4n) is 1.46. The van der Waals surface area contributed by atoms with Crippen molar-refractivity contribution in [1.29, 1.82) is 0 Å². The number of nitrogens with zero attached hydrogens (tertiary/aromatic N) is 1. The summed E-state index contributed by atoms with van der Waals surface area (Å²) in [5, 5.41) is 3.27. The standard InChI is InChI=1S/C14H18N2O2/c1-11(2)15-8-13-10-18-14(16-13)17-9-12-6-4-3-5-7-12/h3-7,10-11,15H,8-9H2,1-2H3. The van der Waals surface area contributed by atoms with Crippen molar-refractivity contribution in [2.45, 2.75) is 33.0 Å². The maximum atomic E-state index is 5.47. The van der Waals surface area contributed by atoms with Gasteiger partial charge in [-0.2, -0.15) is 4.98 Å². The van der Waals surface area contributed by atoms with Gasteiger partial charge in [0.05, 0.1) is 5.69 Å². The summed E-state index contributed by atoms with van der Waals surface area (Å²) >= 11 is 0. The number of aromatic nitrogens is 1. The average molecular weight is 246 g/mol. The van der Waals surface area contributed by atoms with Gasteiger partial charge in [-0.05, 0) is 5.56 Å². The Morgan fingerprint density at radius 1 is 1.28 bits per heavy atom. The van der Waals surface area contributed by atoms with E-state index in [2.05, 4.69) is 24.1 Å². The molecular weight excluding hydrogens is 228 g/mol. The third-order valence-corrected chi connectivity index (χ3v) is 2.43. The third-order valence-electron chi connectivity index (χ3n) is 2.43. The highest BCUT2D eigenvalue weighted by atomic mass is 16.6. The van der Waals surface area contributed by atoms with Crippen LogP contribution in [-0.4, -0.2) is 11.0 Å². The summed E-state index contributed by atoms with van der Waals surface area (Å²) in [6.45, 7) is 5.34. The van der Waals surface area contributed by atoms with E-state index < -0.39 is 0 Å². The van der Waals surface area contributed by atoms with Gasteiger partial charge in [0.15, 0.2) is 0 Å². The third kappa shape index (κ3) is 3.89. The number of nitrogens with one attached hydrogen (secondary N) is 1. The zero-order chi connectivity index (χ0) is 12.8. The van der Waals surface area contributed by atoms with E-state index in [4.69, 9.17) is 9.15 Å². The molecule has 0 aliphatic heterocycles. The predicted molar refractivity (Wildman–Crippen MR) is 69.3 cm³/mol. The van der Waals surface area contributed by atoms with Crippen molar-refractivity contribution in [1.82, 2.24) is 10.3 Å².